The molecule has 2 aromatic rings. The lowest BCUT2D eigenvalue weighted by Gasteiger charge is -2.37. The van der Waals surface area contributed by atoms with Gasteiger partial charge in [0.05, 0.1) is 11.1 Å². The molecule has 226 valence electrons. The molecule has 0 bridgehead atoms. The normalized spacial score (nSPS) is 22.0. The zero-order valence-corrected chi connectivity index (χ0v) is 24.1. The van der Waals surface area contributed by atoms with Gasteiger partial charge in [-0.05, 0) is 55.7 Å². The number of hydrogen-bond donors (Lipinski definition) is 2. The fourth-order valence-electron chi connectivity index (χ4n) is 6.59. The quantitative estimate of drug-likeness (QED) is 0.474. The maximum absolute atomic E-state index is 13.4. The van der Waals surface area contributed by atoms with Gasteiger partial charge in [-0.25, -0.2) is 4.79 Å². The van der Waals surface area contributed by atoms with Crippen molar-refractivity contribution < 1.29 is 28.7 Å². The smallest absolute Gasteiger partial charge is 0.410 e. The summed E-state index contributed by atoms with van der Waals surface area (Å²) in [5.41, 5.74) is 2.17. The monoisotopic (exact) mass is 587 g/mol. The number of carbonyl (C=O) groups excluding carboxylic acids is 5. The van der Waals surface area contributed by atoms with Gasteiger partial charge in [-0.1, -0.05) is 36.4 Å². The van der Waals surface area contributed by atoms with Crippen LogP contribution < -0.4 is 10.6 Å². The van der Waals surface area contributed by atoms with Gasteiger partial charge in [0.25, 0.3) is 11.8 Å². The third kappa shape index (κ3) is 6.27. The lowest BCUT2D eigenvalue weighted by atomic mass is 9.94. The Hall–Kier alpha value is -4.25. The van der Waals surface area contributed by atoms with Crippen molar-refractivity contribution in [1.29, 1.82) is 0 Å². The van der Waals surface area contributed by atoms with E-state index in [4.69, 9.17) is 4.74 Å². The first-order valence-electron chi connectivity index (χ1n) is 15.2. The topological polar surface area (TPSA) is 128 Å². The number of rotatable bonds is 7. The van der Waals surface area contributed by atoms with E-state index in [1.165, 1.54) is 0 Å². The number of anilines is 1. The van der Waals surface area contributed by atoms with E-state index in [0.29, 0.717) is 30.3 Å². The molecule has 4 aliphatic heterocycles. The first kappa shape index (κ1) is 28.9. The van der Waals surface area contributed by atoms with Crippen molar-refractivity contribution in [1.82, 2.24) is 20.0 Å². The molecule has 3 saturated heterocycles. The first-order valence-corrected chi connectivity index (χ1v) is 15.2. The Labute approximate surface area is 250 Å². The minimum absolute atomic E-state index is 0.0912. The van der Waals surface area contributed by atoms with Crippen LogP contribution in [0.4, 0.5) is 10.5 Å². The summed E-state index contributed by atoms with van der Waals surface area (Å²) < 4.78 is 5.50. The van der Waals surface area contributed by atoms with Crippen LogP contribution in [0.5, 0.6) is 0 Å². The van der Waals surface area contributed by atoms with Crippen LogP contribution in [0, 0.1) is 5.92 Å². The van der Waals surface area contributed by atoms with Gasteiger partial charge >= 0.3 is 6.09 Å². The number of benzene rings is 2. The Morgan fingerprint density at radius 2 is 1.60 bits per heavy atom. The Kier molecular flexibility index (Phi) is 8.42. The van der Waals surface area contributed by atoms with Crippen molar-refractivity contribution in [3.63, 3.8) is 0 Å². The Morgan fingerprint density at radius 3 is 2.33 bits per heavy atom. The molecule has 5 amide bonds. The fraction of sp³-hybridized carbons (Fsp3) is 0.469. The molecule has 4 heterocycles. The summed E-state index contributed by atoms with van der Waals surface area (Å²) in [5, 5.41) is 5.74. The van der Waals surface area contributed by atoms with E-state index in [0.717, 1.165) is 55.8 Å². The van der Waals surface area contributed by atoms with Crippen LogP contribution >= 0.6 is 0 Å². The maximum atomic E-state index is 13.4. The molecule has 0 spiro atoms. The lowest BCUT2D eigenvalue weighted by molar-refractivity contribution is -0.136. The summed E-state index contributed by atoms with van der Waals surface area (Å²) in [6.07, 6.45) is 3.67. The van der Waals surface area contributed by atoms with Gasteiger partial charge in [0.15, 0.2) is 0 Å². The zero-order chi connectivity index (χ0) is 29.9. The lowest BCUT2D eigenvalue weighted by Crippen LogP contribution is -2.54. The van der Waals surface area contributed by atoms with E-state index >= 15 is 0 Å². The first-order chi connectivity index (χ1) is 20.9. The van der Waals surface area contributed by atoms with E-state index in [1.54, 1.807) is 17.0 Å². The molecule has 0 aliphatic carbocycles. The van der Waals surface area contributed by atoms with Crippen LogP contribution in [-0.4, -0.2) is 89.2 Å². The second kappa shape index (κ2) is 12.5. The number of hydrogen-bond acceptors (Lipinski definition) is 8. The van der Waals surface area contributed by atoms with E-state index in [2.05, 4.69) is 15.5 Å². The van der Waals surface area contributed by atoms with Crippen molar-refractivity contribution in [3.05, 3.63) is 65.2 Å². The van der Waals surface area contributed by atoms with Crippen LogP contribution in [0.1, 0.15) is 64.8 Å². The molecule has 4 aliphatic rings. The summed E-state index contributed by atoms with van der Waals surface area (Å²) in [6, 6.07) is 14.0. The van der Waals surface area contributed by atoms with Gasteiger partial charge in [0.1, 0.15) is 12.6 Å². The van der Waals surface area contributed by atoms with Gasteiger partial charge in [0, 0.05) is 50.9 Å². The van der Waals surface area contributed by atoms with Crippen LogP contribution in [0.3, 0.4) is 0 Å². The minimum Gasteiger partial charge on any atom is -0.445 e. The molecule has 2 aromatic carbocycles. The van der Waals surface area contributed by atoms with Gasteiger partial charge in [0.2, 0.25) is 11.8 Å². The van der Waals surface area contributed by atoms with Crippen molar-refractivity contribution in [2.75, 3.05) is 38.0 Å². The fourth-order valence-corrected chi connectivity index (χ4v) is 6.59. The number of nitrogens with zero attached hydrogens (tertiary/aromatic N) is 3. The molecular weight excluding hydrogens is 550 g/mol. The number of amides is 5. The van der Waals surface area contributed by atoms with Gasteiger partial charge in [-0.3, -0.25) is 29.4 Å². The van der Waals surface area contributed by atoms with Crippen molar-refractivity contribution >= 4 is 35.4 Å². The Balaban J connectivity index is 0.968. The van der Waals surface area contributed by atoms with Crippen LogP contribution in [-0.2, 0) is 20.9 Å². The highest BCUT2D eigenvalue weighted by Gasteiger charge is 2.45. The SMILES string of the molecule is O=C1CCC(N2C(=O)c3cccc(NC4CCN(CC5CCN(C(=O)OCc6ccccc6)CC5)CC4)c3C2=O)C(=O)N1. The average Bonchev–Trinajstić information content (AvgIpc) is 3.27. The molecule has 6 rings (SSSR count). The average molecular weight is 588 g/mol. The number of imide groups is 2. The predicted molar refractivity (Wildman–Crippen MR) is 157 cm³/mol. The summed E-state index contributed by atoms with van der Waals surface area (Å²) in [4.78, 5) is 68.3. The highest BCUT2D eigenvalue weighted by molar-refractivity contribution is 6.25. The molecule has 3 fully saturated rings. The molecule has 0 saturated carbocycles. The van der Waals surface area contributed by atoms with E-state index in [-0.39, 0.29) is 37.1 Å². The summed E-state index contributed by atoms with van der Waals surface area (Å²) in [5.74, 6) is -1.46. The second-order valence-corrected chi connectivity index (χ2v) is 11.9. The third-order valence-corrected chi connectivity index (χ3v) is 9.01. The molecule has 2 N–H and O–H groups in total. The van der Waals surface area contributed by atoms with Gasteiger partial charge < -0.3 is 19.9 Å². The van der Waals surface area contributed by atoms with E-state index in [9.17, 15) is 24.0 Å². The number of carbonyl (C=O) groups is 5. The molecule has 1 unspecified atom stereocenters. The van der Waals surface area contributed by atoms with E-state index < -0.39 is 29.7 Å². The number of fused-ring (bicyclic) bond motifs is 1. The van der Waals surface area contributed by atoms with Gasteiger partial charge in [-0.2, -0.15) is 0 Å². The molecular formula is C32H37N5O6. The number of piperidine rings is 3. The largest absolute Gasteiger partial charge is 0.445 e. The number of ether oxygens (including phenoxy) is 1. The molecule has 0 radical (unpaired) electrons. The molecule has 11 nitrogen and oxygen atoms in total. The molecule has 43 heavy (non-hydrogen) atoms. The van der Waals surface area contributed by atoms with Crippen molar-refractivity contribution in [2.24, 2.45) is 5.92 Å². The Morgan fingerprint density at radius 1 is 0.860 bits per heavy atom. The summed E-state index contributed by atoms with van der Waals surface area (Å²) >= 11 is 0. The standard InChI is InChI=1S/C32H37N5O6/c38-27-10-9-26(29(39)34-27)37-30(40)24-7-4-8-25(28(24)31(37)41)33-23-13-15-35(16-14-23)19-21-11-17-36(18-12-21)32(42)43-20-22-5-2-1-3-6-22/h1-8,21,23,26,33H,9-20H2,(H,34,38,39). The van der Waals surface area contributed by atoms with E-state index in [1.807, 2.05) is 36.4 Å². The highest BCUT2D eigenvalue weighted by atomic mass is 16.6. The van der Waals surface area contributed by atoms with Crippen LogP contribution in [0.15, 0.2) is 48.5 Å². The van der Waals surface area contributed by atoms with Crippen LogP contribution in [0.2, 0.25) is 0 Å². The second-order valence-electron chi connectivity index (χ2n) is 11.9. The predicted octanol–water partition coefficient (Wildman–Crippen LogP) is 3.01. The number of likely N-dealkylation sites (tertiary alicyclic amines) is 2. The highest BCUT2D eigenvalue weighted by Crippen LogP contribution is 2.33. The molecule has 11 heteroatoms. The Bertz CT molecular complexity index is 1400. The molecule has 1 atom stereocenters. The minimum atomic E-state index is -0.979. The van der Waals surface area contributed by atoms with Gasteiger partial charge in [-0.15, -0.1) is 0 Å². The molecule has 0 aromatic heterocycles. The third-order valence-electron chi connectivity index (χ3n) is 9.01. The maximum Gasteiger partial charge on any atom is 0.410 e. The van der Waals surface area contributed by atoms with Crippen molar-refractivity contribution in [3.8, 4) is 0 Å². The number of nitrogens with one attached hydrogen (secondary N) is 2. The summed E-state index contributed by atoms with van der Waals surface area (Å²) in [7, 11) is 0. The summed E-state index contributed by atoms with van der Waals surface area (Å²) in [6.45, 7) is 4.53. The zero-order valence-electron chi connectivity index (χ0n) is 24.1. The van der Waals surface area contributed by atoms with Crippen LogP contribution in [0.25, 0.3) is 0 Å². The van der Waals surface area contributed by atoms with Crippen molar-refractivity contribution in [2.45, 2.75) is 57.2 Å².